The van der Waals surface area contributed by atoms with Crippen LogP contribution in [-0.2, 0) is 6.18 Å². The molecule has 288 valence electrons. The number of nitrogens with zero attached hydrogens (tertiary/aromatic N) is 5. The summed E-state index contributed by atoms with van der Waals surface area (Å²) in [6.45, 7) is 1.68. The summed E-state index contributed by atoms with van der Waals surface area (Å²) in [5, 5.41) is 34.4. The van der Waals surface area contributed by atoms with Crippen LogP contribution in [0.1, 0.15) is 27.8 Å². The van der Waals surface area contributed by atoms with Gasteiger partial charge in [-0.15, -0.1) is 0 Å². The van der Waals surface area contributed by atoms with Crippen LogP contribution in [-0.4, -0.2) is 9.13 Å². The van der Waals surface area contributed by atoms with Crippen LogP contribution in [0.3, 0.4) is 0 Å². The smallest absolute Gasteiger partial charge is 0.308 e. The van der Waals surface area contributed by atoms with Gasteiger partial charge in [0.25, 0.3) is 0 Å². The molecule has 0 fully saturated rings. The Morgan fingerprint density at radius 1 is 0.443 bits per heavy atom. The van der Waals surface area contributed by atoms with Crippen LogP contribution in [0.25, 0.3) is 88.4 Å². The molecule has 10 rings (SSSR count). The third-order valence-electron chi connectivity index (χ3n) is 11.6. The second-order valence-corrected chi connectivity index (χ2v) is 15.0. The van der Waals surface area contributed by atoms with Crippen molar-refractivity contribution in [1.29, 1.82) is 15.8 Å². The molecule has 0 unspecified atom stereocenters. The van der Waals surface area contributed by atoms with E-state index in [0.717, 1.165) is 49.8 Å². The molecule has 0 saturated heterocycles. The molecule has 0 radical (unpaired) electrons. The number of aromatic nitrogens is 2. The van der Waals surface area contributed by atoms with Gasteiger partial charge in [0.15, 0.2) is 0 Å². The van der Waals surface area contributed by atoms with Crippen molar-refractivity contribution in [3.63, 3.8) is 0 Å². The van der Waals surface area contributed by atoms with E-state index >= 15 is 13.2 Å². The molecule has 2 heterocycles. The Morgan fingerprint density at radius 2 is 0.902 bits per heavy atom. The Hall–Kier alpha value is -8.38. The fraction of sp³-hybridized carbons (Fsp3) is 0.0377. The lowest BCUT2D eigenvalue weighted by molar-refractivity contribution is -0.137. The molecule has 0 amide bonds. The Morgan fingerprint density at radius 3 is 1.38 bits per heavy atom. The van der Waals surface area contributed by atoms with Crippen molar-refractivity contribution in [2.45, 2.75) is 13.1 Å². The fourth-order valence-electron chi connectivity index (χ4n) is 8.98. The summed E-state index contributed by atoms with van der Waals surface area (Å²) in [6.07, 6.45) is -4.74. The highest BCUT2D eigenvalue weighted by atomic mass is 19.4. The van der Waals surface area contributed by atoms with E-state index in [4.69, 9.17) is 0 Å². The first-order valence-electron chi connectivity index (χ1n) is 19.5. The summed E-state index contributed by atoms with van der Waals surface area (Å²) in [5.74, 6) is 0. The first-order valence-corrected chi connectivity index (χ1v) is 19.5. The molecule has 0 atom stereocenters. The molecule has 0 aliphatic heterocycles. The average molecular weight is 794 g/mol. The van der Waals surface area contributed by atoms with Crippen molar-refractivity contribution in [2.24, 2.45) is 0 Å². The number of benzene rings is 8. The van der Waals surface area contributed by atoms with Gasteiger partial charge in [-0.05, 0) is 89.3 Å². The summed E-state index contributed by atoms with van der Waals surface area (Å²) in [6, 6.07) is 56.4. The highest BCUT2D eigenvalue weighted by molar-refractivity contribution is 6.13. The number of alkyl halides is 3. The minimum Gasteiger partial charge on any atom is -0.308 e. The number of nitriles is 3. The molecule has 2 aromatic heterocycles. The molecule has 0 bridgehead atoms. The highest BCUT2D eigenvalue weighted by Crippen LogP contribution is 2.48. The summed E-state index contributed by atoms with van der Waals surface area (Å²) < 4.78 is 50.5. The monoisotopic (exact) mass is 793 g/mol. The fourth-order valence-corrected chi connectivity index (χ4v) is 8.98. The van der Waals surface area contributed by atoms with Gasteiger partial charge < -0.3 is 9.13 Å². The van der Waals surface area contributed by atoms with E-state index in [-0.39, 0.29) is 16.7 Å². The topological polar surface area (TPSA) is 81.2 Å². The van der Waals surface area contributed by atoms with Crippen LogP contribution in [0.2, 0.25) is 0 Å². The highest BCUT2D eigenvalue weighted by Gasteiger charge is 2.36. The summed E-state index contributed by atoms with van der Waals surface area (Å²) in [4.78, 5) is 0. The summed E-state index contributed by atoms with van der Waals surface area (Å²) in [7, 11) is 0. The van der Waals surface area contributed by atoms with E-state index in [1.54, 1.807) is 49.4 Å². The predicted molar refractivity (Wildman–Crippen MR) is 235 cm³/mol. The predicted octanol–water partition coefficient (Wildman–Crippen LogP) is 13.8. The van der Waals surface area contributed by atoms with Crippen molar-refractivity contribution in [1.82, 2.24) is 9.13 Å². The zero-order valence-electron chi connectivity index (χ0n) is 32.5. The molecule has 0 aliphatic rings. The number of halogens is 3. The van der Waals surface area contributed by atoms with Crippen LogP contribution in [0.4, 0.5) is 13.2 Å². The molecular formula is C53H30F3N5. The van der Waals surface area contributed by atoms with E-state index in [9.17, 15) is 15.8 Å². The maximum atomic E-state index is 15.5. The molecule has 0 saturated carbocycles. The maximum Gasteiger partial charge on any atom is 0.417 e. The molecule has 10 aromatic rings. The summed E-state index contributed by atoms with van der Waals surface area (Å²) >= 11 is 0. The van der Waals surface area contributed by atoms with Gasteiger partial charge in [0, 0.05) is 32.7 Å². The van der Waals surface area contributed by atoms with Gasteiger partial charge in [-0.2, -0.15) is 29.0 Å². The van der Waals surface area contributed by atoms with Crippen LogP contribution in [0, 0.1) is 40.9 Å². The van der Waals surface area contributed by atoms with Crippen molar-refractivity contribution in [3.8, 4) is 63.0 Å². The van der Waals surface area contributed by atoms with E-state index in [2.05, 4.69) is 18.2 Å². The first kappa shape index (κ1) is 36.9. The molecule has 0 N–H and O–H groups in total. The molecule has 0 spiro atoms. The van der Waals surface area contributed by atoms with Gasteiger partial charge >= 0.3 is 6.18 Å². The van der Waals surface area contributed by atoms with Crippen molar-refractivity contribution < 1.29 is 13.2 Å². The Balaban J connectivity index is 1.41. The molecule has 8 aromatic carbocycles. The first-order chi connectivity index (χ1) is 29.7. The minimum atomic E-state index is -4.74. The Labute approximate surface area is 348 Å². The van der Waals surface area contributed by atoms with Crippen LogP contribution in [0.5, 0.6) is 0 Å². The van der Waals surface area contributed by atoms with Gasteiger partial charge in [0.2, 0.25) is 0 Å². The normalized spacial score (nSPS) is 11.6. The number of hydrogen-bond donors (Lipinski definition) is 0. The minimum absolute atomic E-state index is 0.0155. The lowest BCUT2D eigenvalue weighted by Gasteiger charge is -2.24. The second kappa shape index (κ2) is 14.2. The lowest BCUT2D eigenvalue weighted by atomic mass is 9.90. The largest absolute Gasteiger partial charge is 0.417 e. The third-order valence-corrected chi connectivity index (χ3v) is 11.6. The van der Waals surface area contributed by atoms with Gasteiger partial charge in [-0.3, -0.25) is 0 Å². The van der Waals surface area contributed by atoms with Gasteiger partial charge in [0.05, 0.1) is 73.9 Å². The molecule has 8 heteroatoms. The lowest BCUT2D eigenvalue weighted by Crippen LogP contribution is -2.12. The average Bonchev–Trinajstić information content (AvgIpc) is 3.80. The van der Waals surface area contributed by atoms with E-state index in [1.807, 2.05) is 118 Å². The van der Waals surface area contributed by atoms with Crippen LogP contribution < -0.4 is 0 Å². The quantitative estimate of drug-likeness (QED) is 0.174. The Bertz CT molecular complexity index is 3390. The zero-order chi connectivity index (χ0) is 42.0. The van der Waals surface area contributed by atoms with Crippen molar-refractivity contribution in [3.05, 3.63) is 192 Å². The summed E-state index contributed by atoms with van der Waals surface area (Å²) in [5.41, 5.74) is 7.59. The third kappa shape index (κ3) is 5.83. The van der Waals surface area contributed by atoms with E-state index in [0.29, 0.717) is 50.2 Å². The molecule has 0 aliphatic carbocycles. The van der Waals surface area contributed by atoms with Crippen LogP contribution in [0.15, 0.2) is 164 Å². The van der Waals surface area contributed by atoms with Gasteiger partial charge in [-0.1, -0.05) is 109 Å². The second-order valence-electron chi connectivity index (χ2n) is 15.0. The number of rotatable bonds is 5. The molecule has 61 heavy (non-hydrogen) atoms. The Kier molecular flexibility index (Phi) is 8.58. The molecular weight excluding hydrogens is 764 g/mol. The SMILES string of the molecule is Cc1cccc(C(F)(F)F)c1-c1c(-n2c3ccccc3c3ccc(-c4ccccc4C#N)cc32)cc(C#N)cc1-n1c2ccccc2c2ccc(-c3ccccc3C#N)cc21. The van der Waals surface area contributed by atoms with E-state index in [1.165, 1.54) is 6.07 Å². The van der Waals surface area contributed by atoms with Crippen molar-refractivity contribution >= 4 is 43.6 Å². The maximum absolute atomic E-state index is 15.5. The number of para-hydroxylation sites is 2. The van der Waals surface area contributed by atoms with Gasteiger partial charge in [0.1, 0.15) is 0 Å². The number of aryl methyl sites for hydroxylation is 1. The molecule has 5 nitrogen and oxygen atoms in total. The van der Waals surface area contributed by atoms with Crippen LogP contribution >= 0.6 is 0 Å². The van der Waals surface area contributed by atoms with E-state index < -0.39 is 11.7 Å². The number of fused-ring (bicyclic) bond motifs is 6. The zero-order valence-corrected chi connectivity index (χ0v) is 32.5. The van der Waals surface area contributed by atoms with Gasteiger partial charge in [-0.25, -0.2) is 0 Å². The standard InChI is InChI=1S/C53H30F3N5/c1-32-11-10-18-44(53(54,55)56)51(32)52-49(60-45-19-8-6-16-40(45)42-23-21-34(27-47(42)60)38-14-4-2-12-36(38)30-58)25-33(29-57)26-50(52)61-46-20-9-7-17-41(46)43-24-22-35(28-48(43)61)39-15-5-3-13-37(39)31-59/h2-28H,1H3. The number of hydrogen-bond acceptors (Lipinski definition) is 3. The van der Waals surface area contributed by atoms with Crippen molar-refractivity contribution in [2.75, 3.05) is 0 Å².